The molecule has 0 saturated heterocycles. The maximum absolute atomic E-state index is 11.6. The summed E-state index contributed by atoms with van der Waals surface area (Å²) < 4.78 is 15.1. The molecule has 0 saturated carbocycles. The molecule has 0 spiro atoms. The molecule has 0 aromatic heterocycles. The Balaban J connectivity index is 1.91. The average Bonchev–Trinajstić information content (AvgIpc) is 2.47. The van der Waals surface area contributed by atoms with E-state index in [9.17, 15) is 14.7 Å². The number of para-hydroxylation sites is 1. The number of rotatable bonds is 5. The number of carbonyl (C=O) groups excluding carboxylic acids is 1. The highest BCUT2D eigenvalue weighted by molar-refractivity contribution is 5.91. The van der Waals surface area contributed by atoms with Crippen LogP contribution in [0.3, 0.4) is 0 Å². The minimum Gasteiger partial charge on any atom is -0.507 e. The largest absolute Gasteiger partial charge is 0.516 e. The lowest BCUT2D eigenvalue weighted by Gasteiger charge is -2.15. The molecule has 2 N–H and O–H groups in total. The van der Waals surface area contributed by atoms with Gasteiger partial charge in [0.2, 0.25) is 6.29 Å². The van der Waals surface area contributed by atoms with E-state index in [0.29, 0.717) is 5.75 Å². The Bertz CT molecular complexity index is 697. The van der Waals surface area contributed by atoms with E-state index in [1.165, 1.54) is 13.0 Å². The van der Waals surface area contributed by atoms with Gasteiger partial charge in [0.15, 0.2) is 0 Å². The lowest BCUT2D eigenvalue weighted by Crippen LogP contribution is -2.23. The average molecular weight is 318 g/mol. The minimum atomic E-state index is -1.29. The first-order valence-corrected chi connectivity index (χ1v) is 6.62. The Hall–Kier alpha value is -3.22. The number of hydrogen-bond donors (Lipinski definition) is 2. The molecule has 0 aliphatic rings. The van der Waals surface area contributed by atoms with Crippen LogP contribution >= 0.6 is 0 Å². The van der Waals surface area contributed by atoms with Crippen molar-refractivity contribution >= 4 is 12.1 Å². The van der Waals surface area contributed by atoms with Crippen LogP contribution < -0.4 is 9.47 Å². The summed E-state index contributed by atoms with van der Waals surface area (Å²) in [7, 11) is 0. The van der Waals surface area contributed by atoms with Crippen molar-refractivity contribution in [2.24, 2.45) is 0 Å². The highest BCUT2D eigenvalue weighted by atomic mass is 16.8. The number of carboxylic acid groups (broad SMARTS) is 1. The quantitative estimate of drug-likeness (QED) is 0.496. The van der Waals surface area contributed by atoms with Crippen molar-refractivity contribution < 1.29 is 34.0 Å². The van der Waals surface area contributed by atoms with Gasteiger partial charge in [0, 0.05) is 13.0 Å². The molecule has 0 aliphatic heterocycles. The van der Waals surface area contributed by atoms with Gasteiger partial charge in [0.25, 0.3) is 0 Å². The first-order chi connectivity index (χ1) is 11.0. The van der Waals surface area contributed by atoms with Gasteiger partial charge in [-0.2, -0.15) is 0 Å². The van der Waals surface area contributed by atoms with Gasteiger partial charge in [0.1, 0.15) is 22.8 Å². The van der Waals surface area contributed by atoms with E-state index in [2.05, 4.69) is 0 Å². The van der Waals surface area contributed by atoms with Gasteiger partial charge in [-0.05, 0) is 24.3 Å². The zero-order valence-electron chi connectivity index (χ0n) is 12.1. The fourth-order valence-corrected chi connectivity index (χ4v) is 1.73. The van der Waals surface area contributed by atoms with E-state index in [0.717, 1.165) is 12.1 Å². The van der Waals surface area contributed by atoms with E-state index in [4.69, 9.17) is 19.3 Å². The molecule has 0 heterocycles. The molecule has 0 radical (unpaired) electrons. The van der Waals surface area contributed by atoms with E-state index in [1.807, 2.05) is 6.07 Å². The molecule has 0 bridgehead atoms. The van der Waals surface area contributed by atoms with Crippen molar-refractivity contribution in [1.29, 1.82) is 0 Å². The topological polar surface area (TPSA) is 102 Å². The molecule has 0 aliphatic carbocycles. The second-order valence-corrected chi connectivity index (χ2v) is 4.45. The zero-order valence-corrected chi connectivity index (χ0v) is 12.1. The zero-order chi connectivity index (χ0) is 16.8. The number of aromatic carboxylic acids is 1. The van der Waals surface area contributed by atoms with Crippen molar-refractivity contribution in [3.8, 4) is 17.2 Å². The number of phenols is 1. The fraction of sp³-hybridized carbons (Fsp3) is 0.125. The van der Waals surface area contributed by atoms with Crippen LogP contribution in [0.2, 0.25) is 0 Å². The van der Waals surface area contributed by atoms with Crippen LogP contribution in [0.25, 0.3) is 0 Å². The molecular formula is C16H14O7. The maximum atomic E-state index is 11.6. The van der Waals surface area contributed by atoms with Crippen molar-refractivity contribution in [3.63, 3.8) is 0 Å². The Morgan fingerprint density at radius 1 is 1.04 bits per heavy atom. The third kappa shape index (κ3) is 4.63. The van der Waals surface area contributed by atoms with Crippen LogP contribution in [0, 0.1) is 0 Å². The van der Waals surface area contributed by atoms with Crippen LogP contribution in [0.5, 0.6) is 17.2 Å². The molecule has 0 amide bonds. The summed E-state index contributed by atoms with van der Waals surface area (Å²) in [5.41, 5.74) is -0.300. The second-order valence-electron chi connectivity index (χ2n) is 4.45. The predicted octanol–water partition coefficient (Wildman–Crippen LogP) is 3.03. The Labute approximate surface area is 131 Å². The summed E-state index contributed by atoms with van der Waals surface area (Å²) >= 11 is 0. The summed E-state index contributed by atoms with van der Waals surface area (Å²) in [5.74, 6) is -1.33. The van der Waals surface area contributed by atoms with Crippen LogP contribution in [-0.2, 0) is 4.74 Å². The number of carbonyl (C=O) groups is 2. The third-order valence-corrected chi connectivity index (χ3v) is 2.71. The Morgan fingerprint density at radius 3 is 2.35 bits per heavy atom. The van der Waals surface area contributed by atoms with Crippen molar-refractivity contribution in [2.75, 3.05) is 0 Å². The Morgan fingerprint density at radius 2 is 1.74 bits per heavy atom. The molecule has 23 heavy (non-hydrogen) atoms. The molecule has 7 nitrogen and oxygen atoms in total. The number of aromatic hydroxyl groups is 1. The summed E-state index contributed by atoms with van der Waals surface area (Å²) in [6, 6.07) is 12.1. The van der Waals surface area contributed by atoms with Gasteiger partial charge in [0.05, 0.1) is 0 Å². The summed E-state index contributed by atoms with van der Waals surface area (Å²) in [6.07, 6.45) is -1.94. The first-order valence-electron chi connectivity index (χ1n) is 6.62. The second kappa shape index (κ2) is 7.17. The molecule has 2 aromatic rings. The first kappa shape index (κ1) is 16.2. The monoisotopic (exact) mass is 318 g/mol. The van der Waals surface area contributed by atoms with E-state index in [1.54, 1.807) is 24.3 Å². The van der Waals surface area contributed by atoms with Crippen molar-refractivity contribution in [3.05, 3.63) is 54.1 Å². The maximum Gasteiger partial charge on any atom is 0.516 e. The van der Waals surface area contributed by atoms with Crippen molar-refractivity contribution in [1.82, 2.24) is 0 Å². The van der Waals surface area contributed by atoms with Crippen LogP contribution in [0.1, 0.15) is 17.3 Å². The lowest BCUT2D eigenvalue weighted by molar-refractivity contribution is -0.0369. The number of benzene rings is 2. The molecule has 2 aromatic carbocycles. The Kier molecular flexibility index (Phi) is 5.03. The number of ether oxygens (including phenoxy) is 3. The van der Waals surface area contributed by atoms with Gasteiger partial charge in [-0.1, -0.05) is 18.2 Å². The molecule has 1 unspecified atom stereocenters. The lowest BCUT2D eigenvalue weighted by atomic mass is 10.2. The molecule has 0 fully saturated rings. The smallest absolute Gasteiger partial charge is 0.507 e. The van der Waals surface area contributed by atoms with Gasteiger partial charge in [-0.3, -0.25) is 0 Å². The van der Waals surface area contributed by atoms with Gasteiger partial charge < -0.3 is 24.4 Å². The minimum absolute atomic E-state index is 0.0515. The fourth-order valence-electron chi connectivity index (χ4n) is 1.73. The third-order valence-electron chi connectivity index (χ3n) is 2.71. The molecule has 7 heteroatoms. The molecule has 2 rings (SSSR count). The SMILES string of the molecule is CC(OC(=O)Oc1ccc(C(=O)O)c(O)c1)Oc1ccccc1. The van der Waals surface area contributed by atoms with Crippen LogP contribution in [0.4, 0.5) is 4.79 Å². The molecule has 1 atom stereocenters. The van der Waals surface area contributed by atoms with E-state index < -0.39 is 24.2 Å². The summed E-state index contributed by atoms with van der Waals surface area (Å²) in [4.78, 5) is 22.4. The normalized spacial score (nSPS) is 11.3. The van der Waals surface area contributed by atoms with Gasteiger partial charge in [-0.25, -0.2) is 9.59 Å². The highest BCUT2D eigenvalue weighted by Gasteiger charge is 2.15. The van der Waals surface area contributed by atoms with E-state index >= 15 is 0 Å². The summed E-state index contributed by atoms with van der Waals surface area (Å²) in [5, 5.41) is 18.3. The number of hydrogen-bond acceptors (Lipinski definition) is 6. The summed E-state index contributed by atoms with van der Waals surface area (Å²) in [6.45, 7) is 1.51. The van der Waals surface area contributed by atoms with Crippen molar-refractivity contribution in [2.45, 2.75) is 13.2 Å². The van der Waals surface area contributed by atoms with Crippen LogP contribution in [-0.4, -0.2) is 28.6 Å². The molecular weight excluding hydrogens is 304 g/mol. The van der Waals surface area contributed by atoms with Gasteiger partial charge >= 0.3 is 12.1 Å². The van der Waals surface area contributed by atoms with Gasteiger partial charge in [-0.15, -0.1) is 0 Å². The van der Waals surface area contributed by atoms with Crippen LogP contribution in [0.15, 0.2) is 48.5 Å². The predicted molar refractivity (Wildman–Crippen MR) is 78.7 cm³/mol. The van der Waals surface area contributed by atoms with E-state index in [-0.39, 0.29) is 11.3 Å². The standard InChI is InChI=1S/C16H14O7/c1-10(21-11-5-3-2-4-6-11)22-16(20)23-12-7-8-13(15(18)19)14(17)9-12/h2-10,17H,1H3,(H,18,19). The highest BCUT2D eigenvalue weighted by Crippen LogP contribution is 2.24. The number of carboxylic acids is 1. The molecule has 120 valence electrons.